The minimum atomic E-state index is 1.04. The summed E-state index contributed by atoms with van der Waals surface area (Å²) in [6.45, 7) is 6.15. The summed E-state index contributed by atoms with van der Waals surface area (Å²) in [6.07, 6.45) is 7.87. The zero-order valence-corrected chi connectivity index (χ0v) is 26.8. The van der Waals surface area contributed by atoms with Crippen LogP contribution in [0.5, 0.6) is 0 Å². The lowest BCUT2D eigenvalue weighted by molar-refractivity contribution is 1.41. The molecule has 0 saturated carbocycles. The zero-order chi connectivity index (χ0) is 32.5. The van der Waals surface area contributed by atoms with Gasteiger partial charge in [-0.25, -0.2) is 0 Å². The van der Waals surface area contributed by atoms with Gasteiger partial charge in [0.15, 0.2) is 0 Å². The lowest BCUT2D eigenvalue weighted by atomic mass is 9.91. The summed E-state index contributed by atoms with van der Waals surface area (Å²) >= 11 is 0. The molecule has 7 aromatic rings. The number of hydrogen-bond donors (Lipinski definition) is 1. The first-order chi connectivity index (χ1) is 23.6. The zero-order valence-electron chi connectivity index (χ0n) is 26.8. The molecule has 0 saturated heterocycles. The van der Waals surface area contributed by atoms with E-state index in [0.717, 1.165) is 33.8 Å². The number of para-hydroxylation sites is 1. The van der Waals surface area contributed by atoms with Gasteiger partial charge in [-0.05, 0) is 116 Å². The molecule has 8 rings (SSSR count). The fraction of sp³-hybridized carbons (Fsp3) is 0.0217. The molecule has 1 aliphatic heterocycles. The van der Waals surface area contributed by atoms with Gasteiger partial charge in [0.25, 0.3) is 0 Å². The molecule has 0 bridgehead atoms. The monoisotopic (exact) mass is 614 g/mol. The molecule has 0 atom stereocenters. The third-order valence-corrected chi connectivity index (χ3v) is 9.17. The van der Waals surface area contributed by atoms with Gasteiger partial charge in [0, 0.05) is 28.7 Å². The summed E-state index contributed by atoms with van der Waals surface area (Å²) in [5.41, 5.74) is 13.8. The first kappa shape index (κ1) is 29.2. The Morgan fingerprint density at radius 2 is 1.21 bits per heavy atom. The summed E-state index contributed by atoms with van der Waals surface area (Å²) in [5.74, 6) is 0. The van der Waals surface area contributed by atoms with Crippen LogP contribution in [0.15, 0.2) is 182 Å². The van der Waals surface area contributed by atoms with E-state index in [4.69, 9.17) is 0 Å². The number of rotatable bonds is 8. The van der Waals surface area contributed by atoms with E-state index in [0.29, 0.717) is 0 Å². The van der Waals surface area contributed by atoms with Crippen LogP contribution in [0, 0.1) is 6.92 Å². The van der Waals surface area contributed by atoms with E-state index in [1.54, 1.807) is 0 Å². The normalized spacial score (nSPS) is 12.5. The Hall–Kier alpha value is -6.25. The SMILES string of the molecule is C=C/C=C(/c1ccc2cc(-c3ccc(-c4ccc5cc(C6=NC=C6)ccc5c4)cc3Nc3ccccc3)ccc2c1)c1ccccc1C. The molecular weight excluding hydrogens is 581 g/mol. The molecular formula is C46H34N2. The summed E-state index contributed by atoms with van der Waals surface area (Å²) in [6, 6.07) is 52.4. The maximum Gasteiger partial charge on any atom is 0.0717 e. The highest BCUT2D eigenvalue weighted by molar-refractivity contribution is 6.13. The first-order valence-corrected chi connectivity index (χ1v) is 16.3. The highest BCUT2D eigenvalue weighted by atomic mass is 14.9. The van der Waals surface area contributed by atoms with Gasteiger partial charge >= 0.3 is 0 Å². The van der Waals surface area contributed by atoms with E-state index in [9.17, 15) is 0 Å². The smallest absolute Gasteiger partial charge is 0.0717 e. The van der Waals surface area contributed by atoms with Crippen molar-refractivity contribution in [2.45, 2.75) is 6.92 Å². The Morgan fingerprint density at radius 3 is 1.94 bits per heavy atom. The Morgan fingerprint density at radius 1 is 0.604 bits per heavy atom. The van der Waals surface area contributed by atoms with Crippen molar-refractivity contribution in [3.63, 3.8) is 0 Å². The van der Waals surface area contributed by atoms with Crippen LogP contribution >= 0.6 is 0 Å². The Kier molecular flexibility index (Phi) is 7.60. The van der Waals surface area contributed by atoms with Crippen LogP contribution in [0.25, 0.3) is 49.4 Å². The number of aryl methyl sites for hydroxylation is 1. The Labute approximate surface area is 281 Å². The number of fused-ring (bicyclic) bond motifs is 2. The molecule has 228 valence electrons. The average molecular weight is 615 g/mol. The molecule has 0 aliphatic carbocycles. The van der Waals surface area contributed by atoms with E-state index < -0.39 is 0 Å². The third kappa shape index (κ3) is 5.65. The Balaban J connectivity index is 1.17. The highest BCUT2D eigenvalue weighted by Gasteiger charge is 2.13. The topological polar surface area (TPSA) is 24.4 Å². The summed E-state index contributed by atoms with van der Waals surface area (Å²) < 4.78 is 0. The number of anilines is 2. The second-order valence-corrected chi connectivity index (χ2v) is 12.3. The van der Waals surface area contributed by atoms with Gasteiger partial charge in [0.1, 0.15) is 0 Å². The molecule has 1 N–H and O–H groups in total. The minimum Gasteiger partial charge on any atom is -0.355 e. The maximum absolute atomic E-state index is 4.36. The second-order valence-electron chi connectivity index (χ2n) is 12.3. The van der Waals surface area contributed by atoms with Crippen LogP contribution in [0.4, 0.5) is 11.4 Å². The van der Waals surface area contributed by atoms with E-state index >= 15 is 0 Å². The number of benzene rings is 7. The van der Waals surface area contributed by atoms with E-state index in [1.807, 2.05) is 18.3 Å². The molecule has 2 heteroatoms. The maximum atomic E-state index is 4.36. The summed E-state index contributed by atoms with van der Waals surface area (Å²) in [4.78, 5) is 4.36. The molecule has 1 aliphatic rings. The number of allylic oxidation sites excluding steroid dienone is 3. The first-order valence-electron chi connectivity index (χ1n) is 16.3. The molecule has 0 aromatic heterocycles. The quantitative estimate of drug-likeness (QED) is 0.169. The van der Waals surface area contributed by atoms with Crippen LogP contribution in [0.2, 0.25) is 0 Å². The predicted molar refractivity (Wildman–Crippen MR) is 206 cm³/mol. The van der Waals surface area contributed by atoms with Crippen molar-refractivity contribution in [1.29, 1.82) is 0 Å². The van der Waals surface area contributed by atoms with Crippen LogP contribution in [-0.4, -0.2) is 5.71 Å². The van der Waals surface area contributed by atoms with E-state index in [2.05, 4.69) is 175 Å². The van der Waals surface area contributed by atoms with Crippen molar-refractivity contribution in [3.05, 3.63) is 199 Å². The van der Waals surface area contributed by atoms with Crippen molar-refractivity contribution >= 4 is 44.2 Å². The van der Waals surface area contributed by atoms with Gasteiger partial charge in [0.05, 0.1) is 5.71 Å². The molecule has 0 unspecified atom stereocenters. The van der Waals surface area contributed by atoms with Gasteiger partial charge in [-0.2, -0.15) is 0 Å². The number of hydrogen-bond acceptors (Lipinski definition) is 2. The fourth-order valence-corrected chi connectivity index (χ4v) is 6.58. The van der Waals surface area contributed by atoms with Crippen LogP contribution in [0.1, 0.15) is 22.3 Å². The van der Waals surface area contributed by atoms with Crippen molar-refractivity contribution < 1.29 is 0 Å². The molecule has 1 heterocycles. The average Bonchev–Trinajstić information content (AvgIpc) is 3.10. The summed E-state index contributed by atoms with van der Waals surface area (Å²) in [7, 11) is 0. The molecule has 2 nitrogen and oxygen atoms in total. The molecule has 7 aromatic carbocycles. The molecule has 0 fully saturated rings. The van der Waals surface area contributed by atoms with Crippen molar-refractivity contribution in [2.75, 3.05) is 5.32 Å². The molecule has 0 amide bonds. The Bertz CT molecular complexity index is 2440. The predicted octanol–water partition coefficient (Wildman–Crippen LogP) is 12.3. The lowest BCUT2D eigenvalue weighted by Crippen LogP contribution is -2.01. The molecule has 0 radical (unpaired) electrons. The van der Waals surface area contributed by atoms with Crippen molar-refractivity contribution in [2.24, 2.45) is 4.99 Å². The van der Waals surface area contributed by atoms with Crippen LogP contribution < -0.4 is 5.32 Å². The highest BCUT2D eigenvalue weighted by Crippen LogP contribution is 2.37. The largest absolute Gasteiger partial charge is 0.355 e. The van der Waals surface area contributed by atoms with Gasteiger partial charge in [-0.3, -0.25) is 4.99 Å². The van der Waals surface area contributed by atoms with Crippen LogP contribution in [0.3, 0.4) is 0 Å². The van der Waals surface area contributed by atoms with Gasteiger partial charge in [0.2, 0.25) is 0 Å². The minimum absolute atomic E-state index is 1.04. The lowest BCUT2D eigenvalue weighted by Gasteiger charge is -2.16. The van der Waals surface area contributed by atoms with E-state index in [-0.39, 0.29) is 0 Å². The third-order valence-electron chi connectivity index (χ3n) is 9.17. The summed E-state index contributed by atoms with van der Waals surface area (Å²) in [5, 5.41) is 8.55. The second kappa shape index (κ2) is 12.5. The van der Waals surface area contributed by atoms with Crippen LogP contribution in [-0.2, 0) is 0 Å². The van der Waals surface area contributed by atoms with Gasteiger partial charge in [-0.1, -0.05) is 122 Å². The van der Waals surface area contributed by atoms with Gasteiger partial charge in [-0.15, -0.1) is 0 Å². The molecule has 0 spiro atoms. The van der Waals surface area contributed by atoms with Gasteiger partial charge < -0.3 is 5.32 Å². The fourth-order valence-electron chi connectivity index (χ4n) is 6.58. The number of aliphatic imine (C=N–C) groups is 1. The van der Waals surface area contributed by atoms with E-state index in [1.165, 1.54) is 54.9 Å². The standard InChI is InChI=1S/C46H34N2/c1-3-9-43(42-13-8-7-10-31(42)2)38-19-16-35-28-39(20-17-34(35)27-38)44-23-22-37(30-46(44)48-41-11-5-4-6-12-41)33-14-15-36-29-40(45-24-25-47-45)21-18-32(36)26-33/h3-30,48H,1H2,2H3/b43-9-. The van der Waals surface area contributed by atoms with Crippen molar-refractivity contribution in [1.82, 2.24) is 0 Å². The number of nitrogens with zero attached hydrogens (tertiary/aromatic N) is 1. The van der Waals surface area contributed by atoms with Crippen molar-refractivity contribution in [3.8, 4) is 22.3 Å². The molecule has 48 heavy (non-hydrogen) atoms. The number of nitrogens with one attached hydrogen (secondary N) is 1.